The first-order chi connectivity index (χ1) is 13.8. The van der Waals surface area contributed by atoms with Gasteiger partial charge in [0.2, 0.25) is 0 Å². The smallest absolute Gasteiger partial charge is 0.312 e. The summed E-state index contributed by atoms with van der Waals surface area (Å²) in [6.07, 6.45) is 5.79. The first kappa shape index (κ1) is 21.8. The Labute approximate surface area is 172 Å². The minimum Gasteiger partial charge on any atom is -0.497 e. The third-order valence-electron chi connectivity index (χ3n) is 7.11. The van der Waals surface area contributed by atoms with Gasteiger partial charge in [0, 0.05) is 33.0 Å². The molecule has 0 saturated heterocycles. The standard InChI is InChI=1S/C23H32O6/c1-13-9-16(26-3)11-15-7-8-23(22(25)29-6,14(2)10-19(27-4)28-5)17-12-18(24)20(13)21(15)17/h9,11,14,17,19-20H,7-8,10,12H2,1-6H3/t14-,17-,20-,23+/m1/s1. The number of ether oxygens (including phenoxy) is 4. The van der Waals surface area contributed by atoms with Crippen molar-refractivity contribution in [2.75, 3.05) is 28.4 Å². The van der Waals surface area contributed by atoms with E-state index >= 15 is 0 Å². The quantitative estimate of drug-likeness (QED) is 0.477. The second-order valence-corrected chi connectivity index (χ2v) is 8.35. The summed E-state index contributed by atoms with van der Waals surface area (Å²) >= 11 is 0. The molecule has 3 rings (SSSR count). The second-order valence-electron chi connectivity index (χ2n) is 8.35. The summed E-state index contributed by atoms with van der Waals surface area (Å²) in [5, 5.41) is 0. The highest BCUT2D eigenvalue weighted by atomic mass is 16.7. The van der Waals surface area contributed by atoms with E-state index in [2.05, 4.69) is 0 Å². The highest BCUT2D eigenvalue weighted by molar-refractivity contribution is 5.94. The first-order valence-corrected chi connectivity index (χ1v) is 10.2. The maximum Gasteiger partial charge on any atom is 0.312 e. The molecule has 160 valence electrons. The number of hydrogen-bond donors (Lipinski definition) is 0. The van der Waals surface area contributed by atoms with Gasteiger partial charge in [0.25, 0.3) is 0 Å². The van der Waals surface area contributed by atoms with E-state index in [0.717, 1.165) is 22.5 Å². The number of hydrogen-bond acceptors (Lipinski definition) is 6. The maximum atomic E-state index is 13.3. The Kier molecular flexibility index (Phi) is 6.34. The van der Waals surface area contributed by atoms with Crippen LogP contribution in [0.3, 0.4) is 0 Å². The van der Waals surface area contributed by atoms with Gasteiger partial charge >= 0.3 is 5.97 Å². The van der Waals surface area contributed by atoms with Crippen molar-refractivity contribution in [1.29, 1.82) is 0 Å². The van der Waals surface area contributed by atoms with Gasteiger partial charge < -0.3 is 18.9 Å². The number of methoxy groups -OCH3 is 4. The van der Waals surface area contributed by atoms with Crippen molar-refractivity contribution < 1.29 is 28.5 Å². The molecular weight excluding hydrogens is 372 g/mol. The number of rotatable bonds is 7. The zero-order valence-electron chi connectivity index (χ0n) is 18.2. The fourth-order valence-electron chi connectivity index (χ4n) is 5.64. The Hall–Kier alpha value is -1.92. The van der Waals surface area contributed by atoms with Crippen LogP contribution in [0.4, 0.5) is 0 Å². The lowest BCUT2D eigenvalue weighted by molar-refractivity contribution is -0.167. The van der Waals surface area contributed by atoms with Crippen molar-refractivity contribution >= 4 is 11.8 Å². The summed E-state index contributed by atoms with van der Waals surface area (Å²) in [5.74, 6) is 0.127. The summed E-state index contributed by atoms with van der Waals surface area (Å²) in [5.41, 5.74) is 2.39. The van der Waals surface area contributed by atoms with Crippen molar-refractivity contribution in [3.63, 3.8) is 0 Å². The summed E-state index contributed by atoms with van der Waals surface area (Å²) in [7, 11) is 6.26. The maximum absolute atomic E-state index is 13.3. The molecule has 1 saturated carbocycles. The Morgan fingerprint density at radius 3 is 2.48 bits per heavy atom. The third-order valence-corrected chi connectivity index (χ3v) is 7.11. The Balaban J connectivity index is 2.12. The van der Waals surface area contributed by atoms with Crippen LogP contribution in [0, 0.1) is 23.2 Å². The van der Waals surface area contributed by atoms with E-state index in [1.165, 1.54) is 7.11 Å². The fourth-order valence-corrected chi connectivity index (χ4v) is 5.64. The lowest BCUT2D eigenvalue weighted by Crippen LogP contribution is -2.48. The van der Waals surface area contributed by atoms with Crippen LogP contribution in [0.25, 0.3) is 0 Å². The normalized spacial score (nSPS) is 29.8. The predicted octanol–water partition coefficient (Wildman–Crippen LogP) is 3.58. The molecule has 0 bridgehead atoms. The Morgan fingerprint density at radius 2 is 1.90 bits per heavy atom. The van der Waals surface area contributed by atoms with Gasteiger partial charge in [-0.2, -0.15) is 0 Å². The summed E-state index contributed by atoms with van der Waals surface area (Å²) < 4.78 is 21.6. The van der Waals surface area contributed by atoms with E-state index in [4.69, 9.17) is 18.9 Å². The van der Waals surface area contributed by atoms with Crippen LogP contribution >= 0.6 is 0 Å². The summed E-state index contributed by atoms with van der Waals surface area (Å²) in [4.78, 5) is 26.4. The van der Waals surface area contributed by atoms with Gasteiger partial charge in [-0.1, -0.05) is 12.5 Å². The number of Topliss-reactive ketones (excluding diaryl/α,β-unsaturated/α-hetero) is 1. The molecule has 0 N–H and O–H groups in total. The molecule has 0 aromatic carbocycles. The van der Waals surface area contributed by atoms with Crippen LogP contribution in [0.1, 0.15) is 39.5 Å². The molecule has 3 aliphatic carbocycles. The average Bonchev–Trinajstić information content (AvgIpc) is 3.00. The monoisotopic (exact) mass is 404 g/mol. The Morgan fingerprint density at radius 1 is 1.21 bits per heavy atom. The largest absolute Gasteiger partial charge is 0.497 e. The lowest BCUT2D eigenvalue weighted by Gasteiger charge is -2.46. The summed E-state index contributed by atoms with van der Waals surface area (Å²) in [6.45, 7) is 4.01. The molecule has 0 amide bonds. The lowest BCUT2D eigenvalue weighted by atomic mass is 9.57. The number of allylic oxidation sites excluding steroid dienone is 5. The van der Waals surface area contributed by atoms with Crippen LogP contribution in [0.15, 0.2) is 34.6 Å². The molecule has 3 aliphatic rings. The van der Waals surface area contributed by atoms with E-state index in [0.29, 0.717) is 25.7 Å². The minimum atomic E-state index is -0.779. The van der Waals surface area contributed by atoms with Crippen LogP contribution in [0.2, 0.25) is 0 Å². The zero-order valence-corrected chi connectivity index (χ0v) is 18.2. The van der Waals surface area contributed by atoms with Crippen LogP contribution < -0.4 is 0 Å². The van der Waals surface area contributed by atoms with Gasteiger partial charge in [0.15, 0.2) is 6.29 Å². The molecule has 0 aromatic heterocycles. The minimum absolute atomic E-state index is 0.0798. The molecule has 0 aliphatic heterocycles. The Bertz CT molecular complexity index is 772. The van der Waals surface area contributed by atoms with Gasteiger partial charge in [0.1, 0.15) is 11.5 Å². The third kappa shape index (κ3) is 3.46. The van der Waals surface area contributed by atoms with E-state index in [1.807, 2.05) is 26.0 Å². The van der Waals surface area contributed by atoms with Crippen molar-refractivity contribution in [2.45, 2.75) is 45.8 Å². The number of carbonyl (C=O) groups is 2. The zero-order chi connectivity index (χ0) is 21.3. The number of carbonyl (C=O) groups excluding carboxylic acids is 2. The average molecular weight is 405 g/mol. The molecule has 6 nitrogen and oxygen atoms in total. The van der Waals surface area contributed by atoms with Crippen molar-refractivity contribution in [1.82, 2.24) is 0 Å². The van der Waals surface area contributed by atoms with E-state index in [9.17, 15) is 9.59 Å². The van der Waals surface area contributed by atoms with Gasteiger partial charge in [-0.05, 0) is 49.0 Å². The van der Waals surface area contributed by atoms with E-state index in [1.54, 1.807) is 21.3 Å². The number of ketones is 1. The fraction of sp³-hybridized carbons (Fsp3) is 0.652. The molecule has 4 atom stereocenters. The first-order valence-electron chi connectivity index (χ1n) is 10.2. The van der Waals surface area contributed by atoms with Gasteiger partial charge in [-0.3, -0.25) is 9.59 Å². The highest BCUT2D eigenvalue weighted by Crippen LogP contribution is 2.59. The second kappa shape index (κ2) is 8.44. The molecular formula is C23H32O6. The molecule has 29 heavy (non-hydrogen) atoms. The topological polar surface area (TPSA) is 71.1 Å². The van der Waals surface area contributed by atoms with Crippen molar-refractivity contribution in [2.24, 2.45) is 23.2 Å². The highest BCUT2D eigenvalue weighted by Gasteiger charge is 2.59. The molecule has 0 heterocycles. The SMILES string of the molecule is COC(=O)[C@]1([C@H](C)CC(OC)OC)CCC2=C3[C@@H](C(=O)C[C@H]31)C(C)=CC(OC)=C2. The molecule has 1 fully saturated rings. The molecule has 0 spiro atoms. The molecule has 0 unspecified atom stereocenters. The molecule has 0 radical (unpaired) electrons. The van der Waals surface area contributed by atoms with E-state index in [-0.39, 0.29) is 29.5 Å². The van der Waals surface area contributed by atoms with Crippen LogP contribution in [-0.4, -0.2) is 46.5 Å². The van der Waals surface area contributed by atoms with Crippen LogP contribution in [0.5, 0.6) is 0 Å². The molecule has 0 aromatic rings. The van der Waals surface area contributed by atoms with E-state index < -0.39 is 11.7 Å². The summed E-state index contributed by atoms with van der Waals surface area (Å²) in [6, 6.07) is 0. The van der Waals surface area contributed by atoms with Gasteiger partial charge in [-0.15, -0.1) is 0 Å². The predicted molar refractivity (Wildman–Crippen MR) is 108 cm³/mol. The molecule has 6 heteroatoms. The van der Waals surface area contributed by atoms with Gasteiger partial charge in [-0.25, -0.2) is 0 Å². The number of esters is 1. The van der Waals surface area contributed by atoms with Crippen molar-refractivity contribution in [3.05, 3.63) is 34.6 Å². The van der Waals surface area contributed by atoms with Gasteiger partial charge in [0.05, 0.1) is 25.6 Å². The van der Waals surface area contributed by atoms with Crippen molar-refractivity contribution in [3.8, 4) is 0 Å². The van der Waals surface area contributed by atoms with Crippen LogP contribution in [-0.2, 0) is 28.5 Å².